The molecule has 1 aromatic rings. The number of rotatable bonds is 4. The van der Waals surface area contributed by atoms with Gasteiger partial charge in [-0.2, -0.15) is 0 Å². The summed E-state index contributed by atoms with van der Waals surface area (Å²) in [4.78, 5) is 2.48. The minimum Gasteiger partial charge on any atom is -0.472 e. The van der Waals surface area contributed by atoms with Gasteiger partial charge in [0, 0.05) is 38.2 Å². The standard InChI is InChI=1S/C15H23NO3/c1-2-18-14-9-15(19-12-14)4-6-16(7-5-15)10-13-3-8-17-11-13/h3,8,11,14H,2,4-7,9-10,12H2,1H3/t14-/m0/s1. The lowest BCUT2D eigenvalue weighted by Gasteiger charge is -2.38. The van der Waals surface area contributed by atoms with E-state index >= 15 is 0 Å². The third-order valence-electron chi connectivity index (χ3n) is 4.33. The average Bonchev–Trinajstić information content (AvgIpc) is 3.04. The molecule has 0 saturated carbocycles. The Kier molecular flexibility index (Phi) is 3.91. The second kappa shape index (κ2) is 5.65. The molecule has 1 aromatic heterocycles. The number of ether oxygens (including phenoxy) is 2. The van der Waals surface area contributed by atoms with Gasteiger partial charge in [0.25, 0.3) is 0 Å². The Morgan fingerprint density at radius 3 is 2.95 bits per heavy atom. The van der Waals surface area contributed by atoms with E-state index in [0.717, 1.165) is 52.1 Å². The van der Waals surface area contributed by atoms with Crippen molar-refractivity contribution >= 4 is 0 Å². The monoisotopic (exact) mass is 265 g/mol. The van der Waals surface area contributed by atoms with Crippen LogP contribution in [0.15, 0.2) is 23.0 Å². The van der Waals surface area contributed by atoms with E-state index in [1.165, 1.54) is 5.56 Å². The first kappa shape index (κ1) is 13.2. The Hall–Kier alpha value is -0.840. The summed E-state index contributed by atoms with van der Waals surface area (Å²) in [7, 11) is 0. The summed E-state index contributed by atoms with van der Waals surface area (Å²) in [6.07, 6.45) is 7.20. The first-order valence-electron chi connectivity index (χ1n) is 7.29. The van der Waals surface area contributed by atoms with Crippen LogP contribution in [0.4, 0.5) is 0 Å². The fraction of sp³-hybridized carbons (Fsp3) is 0.733. The molecule has 2 aliphatic heterocycles. The molecular weight excluding hydrogens is 242 g/mol. The van der Waals surface area contributed by atoms with Gasteiger partial charge in [-0.15, -0.1) is 0 Å². The van der Waals surface area contributed by atoms with Gasteiger partial charge in [0.05, 0.1) is 30.8 Å². The fourth-order valence-corrected chi connectivity index (χ4v) is 3.25. The van der Waals surface area contributed by atoms with Crippen LogP contribution in [0.1, 0.15) is 31.7 Å². The van der Waals surface area contributed by atoms with E-state index < -0.39 is 0 Å². The van der Waals surface area contributed by atoms with E-state index in [1.807, 2.05) is 12.3 Å². The van der Waals surface area contributed by atoms with Crippen LogP contribution in [-0.2, 0) is 16.0 Å². The van der Waals surface area contributed by atoms with Gasteiger partial charge in [-0.05, 0) is 25.8 Å². The lowest BCUT2D eigenvalue weighted by Crippen LogP contribution is -2.43. The van der Waals surface area contributed by atoms with Crippen LogP contribution in [-0.4, -0.2) is 42.9 Å². The van der Waals surface area contributed by atoms with E-state index in [9.17, 15) is 0 Å². The Morgan fingerprint density at radius 2 is 2.26 bits per heavy atom. The second-order valence-electron chi connectivity index (χ2n) is 5.68. The molecule has 1 atom stereocenters. The molecule has 2 saturated heterocycles. The Balaban J connectivity index is 1.49. The molecule has 19 heavy (non-hydrogen) atoms. The largest absolute Gasteiger partial charge is 0.472 e. The van der Waals surface area contributed by atoms with Crippen molar-refractivity contribution in [2.24, 2.45) is 0 Å². The van der Waals surface area contributed by atoms with E-state index in [2.05, 4.69) is 11.8 Å². The molecule has 0 amide bonds. The number of hydrogen-bond acceptors (Lipinski definition) is 4. The van der Waals surface area contributed by atoms with Crippen molar-refractivity contribution in [3.05, 3.63) is 24.2 Å². The molecule has 1 spiro atoms. The average molecular weight is 265 g/mol. The normalized spacial score (nSPS) is 27.1. The summed E-state index contributed by atoms with van der Waals surface area (Å²) in [5.74, 6) is 0. The van der Waals surface area contributed by atoms with Gasteiger partial charge in [0.1, 0.15) is 0 Å². The van der Waals surface area contributed by atoms with Crippen molar-refractivity contribution in [1.29, 1.82) is 0 Å². The molecule has 0 N–H and O–H groups in total. The fourth-order valence-electron chi connectivity index (χ4n) is 3.25. The minimum atomic E-state index is 0.0900. The maximum Gasteiger partial charge on any atom is 0.0947 e. The highest BCUT2D eigenvalue weighted by atomic mass is 16.6. The van der Waals surface area contributed by atoms with Crippen LogP contribution in [0, 0.1) is 0 Å². The molecule has 0 aliphatic carbocycles. The van der Waals surface area contributed by atoms with E-state index in [-0.39, 0.29) is 5.60 Å². The summed E-state index contributed by atoms with van der Waals surface area (Å²) < 4.78 is 16.9. The van der Waals surface area contributed by atoms with E-state index in [4.69, 9.17) is 13.9 Å². The third-order valence-corrected chi connectivity index (χ3v) is 4.33. The first-order valence-corrected chi connectivity index (χ1v) is 7.29. The zero-order chi connectivity index (χ0) is 13.1. The van der Waals surface area contributed by atoms with Crippen LogP contribution < -0.4 is 0 Å². The third kappa shape index (κ3) is 3.02. The smallest absolute Gasteiger partial charge is 0.0947 e. The number of piperidine rings is 1. The van der Waals surface area contributed by atoms with Gasteiger partial charge >= 0.3 is 0 Å². The molecule has 4 nitrogen and oxygen atoms in total. The lowest BCUT2D eigenvalue weighted by atomic mass is 9.88. The lowest BCUT2D eigenvalue weighted by molar-refractivity contribution is -0.0464. The van der Waals surface area contributed by atoms with Gasteiger partial charge in [-0.25, -0.2) is 0 Å². The molecule has 106 valence electrons. The quantitative estimate of drug-likeness (QED) is 0.837. The molecule has 4 heteroatoms. The van der Waals surface area contributed by atoms with Crippen molar-refractivity contribution in [1.82, 2.24) is 4.90 Å². The predicted molar refractivity (Wildman–Crippen MR) is 71.9 cm³/mol. The zero-order valence-corrected chi connectivity index (χ0v) is 11.6. The number of nitrogens with zero attached hydrogens (tertiary/aromatic N) is 1. The van der Waals surface area contributed by atoms with Crippen LogP contribution in [0.5, 0.6) is 0 Å². The maximum atomic E-state index is 6.06. The van der Waals surface area contributed by atoms with Crippen LogP contribution in [0.3, 0.4) is 0 Å². The first-order chi connectivity index (χ1) is 9.30. The minimum absolute atomic E-state index is 0.0900. The Morgan fingerprint density at radius 1 is 1.42 bits per heavy atom. The molecular formula is C15H23NO3. The number of likely N-dealkylation sites (tertiary alicyclic amines) is 1. The summed E-state index contributed by atoms with van der Waals surface area (Å²) in [5.41, 5.74) is 1.35. The number of furan rings is 1. The number of hydrogen-bond donors (Lipinski definition) is 0. The predicted octanol–water partition coefficient (Wildman–Crippen LogP) is 2.44. The highest BCUT2D eigenvalue weighted by Gasteiger charge is 2.42. The van der Waals surface area contributed by atoms with E-state index in [0.29, 0.717) is 6.10 Å². The molecule has 2 fully saturated rings. The van der Waals surface area contributed by atoms with Gasteiger partial charge in [0.2, 0.25) is 0 Å². The molecule has 0 bridgehead atoms. The van der Waals surface area contributed by atoms with Gasteiger partial charge in [-0.1, -0.05) is 0 Å². The van der Waals surface area contributed by atoms with Crippen LogP contribution >= 0.6 is 0 Å². The molecule has 0 aromatic carbocycles. The van der Waals surface area contributed by atoms with Crippen molar-refractivity contribution < 1.29 is 13.9 Å². The zero-order valence-electron chi connectivity index (χ0n) is 11.6. The molecule has 0 unspecified atom stereocenters. The van der Waals surface area contributed by atoms with Crippen molar-refractivity contribution in [3.63, 3.8) is 0 Å². The summed E-state index contributed by atoms with van der Waals surface area (Å²) in [6.45, 7) is 6.81. The van der Waals surface area contributed by atoms with Gasteiger partial charge in [0.15, 0.2) is 0 Å². The maximum absolute atomic E-state index is 6.06. The second-order valence-corrected chi connectivity index (χ2v) is 5.68. The van der Waals surface area contributed by atoms with Gasteiger partial charge in [-0.3, -0.25) is 4.90 Å². The molecule has 0 radical (unpaired) electrons. The van der Waals surface area contributed by atoms with Crippen molar-refractivity contribution in [2.45, 2.75) is 44.4 Å². The SMILES string of the molecule is CCO[C@@H]1COC2(CCN(Cc3ccoc3)CC2)C1. The highest BCUT2D eigenvalue weighted by Crippen LogP contribution is 2.37. The summed E-state index contributed by atoms with van der Waals surface area (Å²) in [6, 6.07) is 2.04. The highest BCUT2D eigenvalue weighted by molar-refractivity contribution is 5.05. The van der Waals surface area contributed by atoms with Gasteiger partial charge < -0.3 is 13.9 Å². The van der Waals surface area contributed by atoms with Crippen molar-refractivity contribution in [3.8, 4) is 0 Å². The molecule has 2 aliphatic rings. The van der Waals surface area contributed by atoms with Crippen LogP contribution in [0.2, 0.25) is 0 Å². The Labute approximate surface area is 114 Å². The van der Waals surface area contributed by atoms with Crippen LogP contribution in [0.25, 0.3) is 0 Å². The van der Waals surface area contributed by atoms with E-state index in [1.54, 1.807) is 6.26 Å². The molecule has 3 rings (SSSR count). The summed E-state index contributed by atoms with van der Waals surface area (Å²) >= 11 is 0. The van der Waals surface area contributed by atoms with Crippen molar-refractivity contribution in [2.75, 3.05) is 26.3 Å². The Bertz CT molecular complexity index is 382. The summed E-state index contributed by atoms with van der Waals surface area (Å²) in [5, 5.41) is 0. The topological polar surface area (TPSA) is 34.8 Å². The molecule has 3 heterocycles.